The molecule has 6 heteroatoms. The summed E-state index contributed by atoms with van der Waals surface area (Å²) in [6.45, 7) is 1.90. The summed E-state index contributed by atoms with van der Waals surface area (Å²) in [5.74, 6) is 0.447. The van der Waals surface area contributed by atoms with Crippen molar-refractivity contribution >= 4 is 21.7 Å². The van der Waals surface area contributed by atoms with E-state index in [9.17, 15) is 4.79 Å². The van der Waals surface area contributed by atoms with Crippen LogP contribution in [0.4, 0.5) is 0 Å². The third-order valence-corrected chi connectivity index (χ3v) is 2.85. The Labute approximate surface area is 107 Å². The Balaban J connectivity index is 2.20. The van der Waals surface area contributed by atoms with Crippen LogP contribution in [0.1, 0.15) is 21.7 Å². The molecule has 0 bridgehead atoms. The van der Waals surface area contributed by atoms with Crippen molar-refractivity contribution in [1.29, 1.82) is 0 Å². The van der Waals surface area contributed by atoms with Crippen LogP contribution in [0, 0.1) is 6.92 Å². The molecule has 0 amide bonds. The Bertz CT molecular complexity index is 564. The second kappa shape index (κ2) is 4.75. The van der Waals surface area contributed by atoms with Crippen LogP contribution in [0.15, 0.2) is 22.7 Å². The number of hydrogen-bond donors (Lipinski definition) is 0. The molecule has 5 nitrogen and oxygen atoms in total. The van der Waals surface area contributed by atoms with E-state index in [-0.39, 0.29) is 12.2 Å². The molecule has 0 N–H and O–H groups in total. The Morgan fingerprint density at radius 2 is 2.24 bits per heavy atom. The average molecular weight is 295 g/mol. The van der Waals surface area contributed by atoms with Gasteiger partial charge in [0.05, 0.1) is 13.5 Å². The minimum atomic E-state index is 0.00278. The molecule has 0 radical (unpaired) electrons. The van der Waals surface area contributed by atoms with Crippen molar-refractivity contribution < 1.29 is 4.79 Å². The fourth-order valence-electron chi connectivity index (χ4n) is 1.57. The maximum Gasteiger partial charge on any atom is 0.182 e. The van der Waals surface area contributed by atoms with Crippen LogP contribution in [0.25, 0.3) is 0 Å². The monoisotopic (exact) mass is 294 g/mol. The molecule has 88 valence electrons. The molecule has 0 saturated heterocycles. The fraction of sp³-hybridized carbons (Fsp3) is 0.273. The molecule has 0 saturated carbocycles. The number of rotatable bonds is 3. The van der Waals surface area contributed by atoms with Gasteiger partial charge >= 0.3 is 0 Å². The summed E-state index contributed by atoms with van der Waals surface area (Å²) < 4.78 is 0.962. The number of halogens is 1. The van der Waals surface area contributed by atoms with E-state index in [1.165, 1.54) is 4.80 Å². The molecular weight excluding hydrogens is 284 g/mol. The summed E-state index contributed by atoms with van der Waals surface area (Å²) in [4.78, 5) is 13.4. The average Bonchev–Trinajstić information content (AvgIpc) is 2.63. The number of hydrogen-bond acceptors (Lipinski definition) is 4. The summed E-state index contributed by atoms with van der Waals surface area (Å²) >= 11 is 3.37. The van der Waals surface area contributed by atoms with Crippen molar-refractivity contribution in [2.24, 2.45) is 7.05 Å². The van der Waals surface area contributed by atoms with Gasteiger partial charge in [0.15, 0.2) is 11.6 Å². The molecule has 1 heterocycles. The van der Waals surface area contributed by atoms with Gasteiger partial charge in [-0.2, -0.15) is 4.80 Å². The predicted molar refractivity (Wildman–Crippen MR) is 65.7 cm³/mol. The van der Waals surface area contributed by atoms with Gasteiger partial charge in [0, 0.05) is 10.0 Å². The molecule has 0 atom stereocenters. The quantitative estimate of drug-likeness (QED) is 0.809. The van der Waals surface area contributed by atoms with E-state index < -0.39 is 0 Å². The summed E-state index contributed by atoms with van der Waals surface area (Å²) in [5.41, 5.74) is 1.63. The summed E-state index contributed by atoms with van der Waals surface area (Å²) in [6, 6.07) is 5.57. The number of ketones is 1. The van der Waals surface area contributed by atoms with Gasteiger partial charge in [-0.25, -0.2) is 0 Å². The molecule has 0 unspecified atom stereocenters. The van der Waals surface area contributed by atoms with Crippen molar-refractivity contribution in [3.63, 3.8) is 0 Å². The van der Waals surface area contributed by atoms with Crippen LogP contribution in [0.5, 0.6) is 0 Å². The number of carbonyl (C=O) groups excluding carboxylic acids is 1. The van der Waals surface area contributed by atoms with E-state index in [0.29, 0.717) is 11.4 Å². The van der Waals surface area contributed by atoms with Gasteiger partial charge in [-0.1, -0.05) is 22.0 Å². The molecule has 17 heavy (non-hydrogen) atoms. The highest BCUT2D eigenvalue weighted by Gasteiger charge is 2.13. The largest absolute Gasteiger partial charge is 0.294 e. The number of nitrogens with zero attached hydrogens (tertiary/aromatic N) is 4. The number of Topliss-reactive ketones (excluding diaryl/α,β-unsaturated/α-hetero) is 1. The van der Waals surface area contributed by atoms with Gasteiger partial charge in [0.2, 0.25) is 0 Å². The molecular formula is C11H11BrN4O. The molecule has 0 aliphatic rings. The first-order valence-corrected chi connectivity index (χ1v) is 5.88. The lowest BCUT2D eigenvalue weighted by Gasteiger charge is -2.03. The van der Waals surface area contributed by atoms with E-state index in [0.717, 1.165) is 10.0 Å². The summed E-state index contributed by atoms with van der Waals surface area (Å²) in [7, 11) is 1.67. The molecule has 1 aromatic carbocycles. The van der Waals surface area contributed by atoms with Crippen LogP contribution < -0.4 is 0 Å². The van der Waals surface area contributed by atoms with Crippen molar-refractivity contribution in [1.82, 2.24) is 20.2 Å². The third-order valence-electron chi connectivity index (χ3n) is 2.36. The number of aromatic nitrogens is 4. The SMILES string of the molecule is Cc1cc(Br)ccc1C(=O)Cc1nnn(C)n1. The van der Waals surface area contributed by atoms with E-state index in [2.05, 4.69) is 31.3 Å². The van der Waals surface area contributed by atoms with E-state index in [4.69, 9.17) is 0 Å². The molecule has 0 spiro atoms. The smallest absolute Gasteiger partial charge is 0.182 e. The number of aryl methyl sites for hydroxylation is 2. The van der Waals surface area contributed by atoms with Crippen LogP contribution in [0.3, 0.4) is 0 Å². The summed E-state index contributed by atoms with van der Waals surface area (Å²) in [5, 5.41) is 11.5. The second-order valence-electron chi connectivity index (χ2n) is 3.75. The zero-order chi connectivity index (χ0) is 12.4. The minimum absolute atomic E-state index is 0.00278. The maximum atomic E-state index is 12.0. The van der Waals surface area contributed by atoms with Gasteiger partial charge in [-0.05, 0) is 29.8 Å². The van der Waals surface area contributed by atoms with Crippen LogP contribution >= 0.6 is 15.9 Å². The molecule has 2 aromatic rings. The number of carbonyl (C=O) groups is 1. The van der Waals surface area contributed by atoms with Gasteiger partial charge < -0.3 is 0 Å². The van der Waals surface area contributed by atoms with Gasteiger partial charge in [-0.15, -0.1) is 10.2 Å². The van der Waals surface area contributed by atoms with Crippen molar-refractivity contribution in [3.8, 4) is 0 Å². The highest BCUT2D eigenvalue weighted by molar-refractivity contribution is 9.10. The number of tetrazole rings is 1. The molecule has 0 aliphatic carbocycles. The van der Waals surface area contributed by atoms with Crippen molar-refractivity contribution in [3.05, 3.63) is 39.6 Å². The zero-order valence-corrected chi connectivity index (χ0v) is 11.1. The lowest BCUT2D eigenvalue weighted by atomic mass is 10.0. The highest BCUT2D eigenvalue weighted by Crippen LogP contribution is 2.17. The zero-order valence-electron chi connectivity index (χ0n) is 9.51. The Morgan fingerprint density at radius 3 is 2.82 bits per heavy atom. The normalized spacial score (nSPS) is 10.5. The number of benzene rings is 1. The molecule has 0 fully saturated rings. The Morgan fingerprint density at radius 1 is 1.47 bits per heavy atom. The third kappa shape index (κ3) is 2.76. The van der Waals surface area contributed by atoms with Gasteiger partial charge in [0.1, 0.15) is 0 Å². The second-order valence-corrected chi connectivity index (χ2v) is 4.67. The van der Waals surface area contributed by atoms with Crippen LogP contribution in [-0.4, -0.2) is 26.0 Å². The van der Waals surface area contributed by atoms with Crippen molar-refractivity contribution in [2.75, 3.05) is 0 Å². The first-order valence-electron chi connectivity index (χ1n) is 5.08. The Kier molecular flexibility index (Phi) is 3.33. The highest BCUT2D eigenvalue weighted by atomic mass is 79.9. The van der Waals surface area contributed by atoms with Crippen molar-refractivity contribution in [2.45, 2.75) is 13.3 Å². The molecule has 1 aromatic heterocycles. The lowest BCUT2D eigenvalue weighted by Crippen LogP contribution is -2.07. The standard InChI is InChI=1S/C11H11BrN4O/c1-7-5-8(12)3-4-9(7)10(17)6-11-13-15-16(2)14-11/h3-5H,6H2,1-2H3. The molecule has 0 aliphatic heterocycles. The predicted octanol–water partition coefficient (Wildman–Crippen LogP) is 1.71. The first-order chi connectivity index (χ1) is 8.06. The maximum absolute atomic E-state index is 12.0. The minimum Gasteiger partial charge on any atom is -0.294 e. The summed E-state index contributed by atoms with van der Waals surface area (Å²) in [6.07, 6.45) is 0.177. The molecule has 2 rings (SSSR count). The topological polar surface area (TPSA) is 60.7 Å². The van der Waals surface area contributed by atoms with Gasteiger partial charge in [0.25, 0.3) is 0 Å². The lowest BCUT2D eigenvalue weighted by molar-refractivity contribution is 0.0990. The fourth-order valence-corrected chi connectivity index (χ4v) is 2.05. The van der Waals surface area contributed by atoms with Crippen LogP contribution in [0.2, 0.25) is 0 Å². The van der Waals surface area contributed by atoms with Gasteiger partial charge in [-0.3, -0.25) is 4.79 Å². The van der Waals surface area contributed by atoms with E-state index >= 15 is 0 Å². The first kappa shape index (κ1) is 11.9. The van der Waals surface area contributed by atoms with Crippen LogP contribution in [-0.2, 0) is 13.5 Å². The van der Waals surface area contributed by atoms with E-state index in [1.54, 1.807) is 13.1 Å². The Hall–Kier alpha value is -1.56. The van der Waals surface area contributed by atoms with E-state index in [1.807, 2.05) is 19.1 Å².